The van der Waals surface area contributed by atoms with Crippen molar-refractivity contribution in [1.29, 1.82) is 0 Å². The molecule has 0 saturated carbocycles. The van der Waals surface area contributed by atoms with Crippen LogP contribution in [0, 0.1) is 17.8 Å². The lowest BCUT2D eigenvalue weighted by Crippen LogP contribution is -2.55. The van der Waals surface area contributed by atoms with E-state index in [1.807, 2.05) is 0 Å². The van der Waals surface area contributed by atoms with Crippen LogP contribution in [-0.4, -0.2) is 111 Å². The maximum Gasteiger partial charge on any atom is 0.236 e. The molecule has 3 aliphatic heterocycles. The summed E-state index contributed by atoms with van der Waals surface area (Å²) in [5.74, 6) is 3.28. The molecule has 3 atom stereocenters. The van der Waals surface area contributed by atoms with Crippen molar-refractivity contribution in [2.24, 2.45) is 22.7 Å². The second kappa shape index (κ2) is 13.2. The number of piperazine rings is 1. The van der Waals surface area contributed by atoms with Crippen molar-refractivity contribution >= 4 is 35.8 Å². The van der Waals surface area contributed by atoms with E-state index in [9.17, 15) is 4.79 Å². The average Bonchev–Trinajstić information content (AvgIpc) is 2.71. The quantitative estimate of drug-likeness (QED) is 0.324. The van der Waals surface area contributed by atoms with Gasteiger partial charge >= 0.3 is 0 Å². The van der Waals surface area contributed by atoms with Crippen LogP contribution in [0.25, 0.3) is 0 Å². The normalized spacial score (nSPS) is 28.9. The molecule has 3 fully saturated rings. The van der Waals surface area contributed by atoms with Gasteiger partial charge in [-0.3, -0.25) is 14.7 Å². The molecule has 1 N–H and O–H groups in total. The molecular formula is C23H45IN6O. The van der Waals surface area contributed by atoms with E-state index in [-0.39, 0.29) is 24.0 Å². The minimum Gasteiger partial charge on any atom is -0.357 e. The van der Waals surface area contributed by atoms with E-state index in [4.69, 9.17) is 4.99 Å². The molecule has 0 bridgehead atoms. The van der Waals surface area contributed by atoms with Gasteiger partial charge in [0.15, 0.2) is 5.96 Å². The third-order valence-corrected chi connectivity index (χ3v) is 6.81. The Morgan fingerprint density at radius 3 is 2.29 bits per heavy atom. The third kappa shape index (κ3) is 8.35. The number of likely N-dealkylation sites (tertiary alicyclic amines) is 2. The van der Waals surface area contributed by atoms with Crippen LogP contribution in [0.1, 0.15) is 40.0 Å². The van der Waals surface area contributed by atoms with Crippen LogP contribution >= 0.6 is 24.0 Å². The number of rotatable bonds is 5. The number of hydrogen-bond acceptors (Lipinski definition) is 4. The van der Waals surface area contributed by atoms with Gasteiger partial charge in [0, 0.05) is 58.9 Å². The Labute approximate surface area is 207 Å². The van der Waals surface area contributed by atoms with Crippen LogP contribution in [0.3, 0.4) is 0 Å². The highest BCUT2D eigenvalue weighted by molar-refractivity contribution is 14.0. The summed E-state index contributed by atoms with van der Waals surface area (Å²) in [6, 6.07) is 0. The fraction of sp³-hybridized carbons (Fsp3) is 0.913. The summed E-state index contributed by atoms with van der Waals surface area (Å²) < 4.78 is 0. The molecule has 0 spiro atoms. The van der Waals surface area contributed by atoms with Gasteiger partial charge in [-0.05, 0) is 57.5 Å². The lowest BCUT2D eigenvalue weighted by Gasteiger charge is -2.39. The summed E-state index contributed by atoms with van der Waals surface area (Å²) >= 11 is 0. The standard InChI is InChI=1S/C23H44N6O.HI/c1-5-24-23(25-14-21-7-6-8-26(4)17-21)28-11-9-27(10-12-28)18-22(30)29-15-19(2)13-20(3)16-29;/h19-21H,5-18H2,1-4H3,(H,24,25);1H. The van der Waals surface area contributed by atoms with Gasteiger partial charge < -0.3 is 20.0 Å². The first kappa shape index (κ1) is 26.6. The zero-order valence-electron chi connectivity index (χ0n) is 20.2. The monoisotopic (exact) mass is 548 g/mol. The van der Waals surface area contributed by atoms with Crippen LogP contribution < -0.4 is 5.32 Å². The van der Waals surface area contributed by atoms with E-state index in [1.54, 1.807) is 0 Å². The Morgan fingerprint density at radius 1 is 1.00 bits per heavy atom. The molecule has 0 aromatic heterocycles. The summed E-state index contributed by atoms with van der Waals surface area (Å²) in [5, 5.41) is 3.49. The van der Waals surface area contributed by atoms with Crippen LogP contribution in [0.4, 0.5) is 0 Å². The second-order valence-electron chi connectivity index (χ2n) is 9.97. The highest BCUT2D eigenvalue weighted by Crippen LogP contribution is 2.21. The molecule has 1 amide bonds. The lowest BCUT2D eigenvalue weighted by molar-refractivity contribution is -0.135. The van der Waals surface area contributed by atoms with E-state index < -0.39 is 0 Å². The van der Waals surface area contributed by atoms with Gasteiger partial charge in [0.25, 0.3) is 0 Å². The van der Waals surface area contributed by atoms with Crippen molar-refractivity contribution in [1.82, 2.24) is 24.9 Å². The molecule has 31 heavy (non-hydrogen) atoms. The van der Waals surface area contributed by atoms with Crippen LogP contribution in [0.2, 0.25) is 0 Å². The van der Waals surface area contributed by atoms with Gasteiger partial charge in [0.05, 0.1) is 6.54 Å². The molecule has 3 unspecified atom stereocenters. The number of nitrogens with zero attached hydrogens (tertiary/aromatic N) is 5. The summed E-state index contributed by atoms with van der Waals surface area (Å²) in [5.41, 5.74) is 0. The van der Waals surface area contributed by atoms with Crippen molar-refractivity contribution < 1.29 is 4.79 Å². The average molecular weight is 549 g/mol. The molecule has 3 heterocycles. The maximum atomic E-state index is 12.8. The summed E-state index contributed by atoms with van der Waals surface area (Å²) in [6.07, 6.45) is 3.82. The number of amides is 1. The first-order valence-corrected chi connectivity index (χ1v) is 12.2. The van der Waals surface area contributed by atoms with Gasteiger partial charge in [-0.1, -0.05) is 13.8 Å². The van der Waals surface area contributed by atoms with Gasteiger partial charge in [0.1, 0.15) is 0 Å². The molecule has 8 heteroatoms. The zero-order chi connectivity index (χ0) is 21.5. The number of halogens is 1. The molecule has 0 aliphatic carbocycles. The second-order valence-corrected chi connectivity index (χ2v) is 9.97. The van der Waals surface area contributed by atoms with E-state index in [0.717, 1.165) is 64.9 Å². The predicted molar refractivity (Wildman–Crippen MR) is 139 cm³/mol. The number of piperidine rings is 2. The molecule has 3 rings (SSSR count). The number of carbonyl (C=O) groups excluding carboxylic acids is 1. The summed E-state index contributed by atoms with van der Waals surface area (Å²) in [7, 11) is 2.22. The lowest BCUT2D eigenvalue weighted by atomic mass is 9.92. The first-order chi connectivity index (χ1) is 14.4. The summed E-state index contributed by atoms with van der Waals surface area (Å²) in [6.45, 7) is 17.0. The Bertz CT molecular complexity index is 570. The van der Waals surface area contributed by atoms with Gasteiger partial charge in [-0.15, -0.1) is 24.0 Å². The molecular weight excluding hydrogens is 503 g/mol. The molecule has 0 aromatic carbocycles. The predicted octanol–water partition coefficient (Wildman–Crippen LogP) is 2.03. The number of guanidine groups is 1. The SMILES string of the molecule is CCNC(=NCC1CCCN(C)C1)N1CCN(CC(=O)N2CC(C)CC(C)C2)CC1.I. The number of nitrogens with one attached hydrogen (secondary N) is 1. The fourth-order valence-electron chi connectivity index (χ4n) is 5.34. The number of aliphatic imine (C=N–C) groups is 1. The van der Waals surface area contributed by atoms with Crippen molar-refractivity contribution in [3.05, 3.63) is 0 Å². The zero-order valence-corrected chi connectivity index (χ0v) is 22.5. The smallest absolute Gasteiger partial charge is 0.236 e. The van der Waals surface area contributed by atoms with Crippen molar-refractivity contribution in [3.8, 4) is 0 Å². The number of carbonyl (C=O) groups is 1. The van der Waals surface area contributed by atoms with Crippen molar-refractivity contribution in [3.63, 3.8) is 0 Å². The van der Waals surface area contributed by atoms with E-state index in [2.05, 4.69) is 52.7 Å². The molecule has 0 radical (unpaired) electrons. The Kier molecular flexibility index (Phi) is 11.3. The summed E-state index contributed by atoms with van der Waals surface area (Å²) in [4.78, 5) is 27.0. The Hall–Kier alpha value is -0.610. The highest BCUT2D eigenvalue weighted by atomic mass is 127. The van der Waals surface area contributed by atoms with E-state index in [1.165, 1.54) is 25.8 Å². The topological polar surface area (TPSA) is 54.4 Å². The molecule has 180 valence electrons. The Morgan fingerprint density at radius 2 is 1.68 bits per heavy atom. The fourth-order valence-corrected chi connectivity index (χ4v) is 5.34. The van der Waals surface area contributed by atoms with Crippen LogP contribution in [0.5, 0.6) is 0 Å². The largest absolute Gasteiger partial charge is 0.357 e. The van der Waals surface area contributed by atoms with Crippen molar-refractivity contribution in [2.75, 3.05) is 79.0 Å². The molecule has 7 nitrogen and oxygen atoms in total. The van der Waals surface area contributed by atoms with Gasteiger partial charge in [-0.2, -0.15) is 0 Å². The van der Waals surface area contributed by atoms with Crippen LogP contribution in [0.15, 0.2) is 4.99 Å². The van der Waals surface area contributed by atoms with E-state index >= 15 is 0 Å². The molecule has 0 aromatic rings. The van der Waals surface area contributed by atoms with Crippen molar-refractivity contribution in [2.45, 2.75) is 40.0 Å². The highest BCUT2D eigenvalue weighted by Gasteiger charge is 2.28. The number of hydrogen-bond donors (Lipinski definition) is 1. The van der Waals surface area contributed by atoms with Gasteiger partial charge in [0.2, 0.25) is 5.91 Å². The minimum absolute atomic E-state index is 0. The van der Waals surface area contributed by atoms with Crippen LogP contribution in [-0.2, 0) is 4.79 Å². The first-order valence-electron chi connectivity index (χ1n) is 12.2. The van der Waals surface area contributed by atoms with Gasteiger partial charge in [-0.25, -0.2) is 0 Å². The maximum absolute atomic E-state index is 12.8. The Balaban J connectivity index is 0.00000341. The molecule has 3 aliphatic rings. The van der Waals surface area contributed by atoms with E-state index in [0.29, 0.717) is 30.2 Å². The minimum atomic E-state index is 0. The third-order valence-electron chi connectivity index (χ3n) is 6.81. The molecule has 3 saturated heterocycles.